The Hall–Kier alpha value is -1.93. The Balaban J connectivity index is 2.74. The van der Waals surface area contributed by atoms with E-state index >= 15 is 0 Å². The lowest BCUT2D eigenvalue weighted by atomic mass is 10.0. The van der Waals surface area contributed by atoms with Crippen LogP contribution < -0.4 is 0 Å². The van der Waals surface area contributed by atoms with Crippen LogP contribution in [-0.2, 0) is 23.9 Å². The van der Waals surface area contributed by atoms with Gasteiger partial charge in [-0.1, -0.05) is 32.1 Å². The standard InChI is InChI=1S/C20H32O8/c1-14-15(21)8-6-4-2-3-5-7-9-17(16(22)10-12-19(25)27-14)28-20(26)13-11-18(23)24/h10,12,14-17,21-22H,2-9,11,13H2,1H3,(H,23,24)/b12-10+/t14-,15+,16-,17?/m1/s1. The van der Waals surface area contributed by atoms with Crippen molar-refractivity contribution >= 4 is 17.9 Å². The molecule has 4 atom stereocenters. The summed E-state index contributed by atoms with van der Waals surface area (Å²) in [5, 5.41) is 29.0. The van der Waals surface area contributed by atoms with Gasteiger partial charge in [0.2, 0.25) is 0 Å². The Labute approximate surface area is 165 Å². The number of aliphatic hydroxyl groups excluding tert-OH is 2. The number of rotatable bonds is 4. The highest BCUT2D eigenvalue weighted by atomic mass is 16.6. The second-order valence-electron chi connectivity index (χ2n) is 7.18. The molecule has 0 saturated heterocycles. The molecule has 0 saturated carbocycles. The fourth-order valence-corrected chi connectivity index (χ4v) is 2.98. The molecule has 0 amide bonds. The van der Waals surface area contributed by atoms with Crippen LogP contribution in [0.5, 0.6) is 0 Å². The fraction of sp³-hybridized carbons (Fsp3) is 0.750. The number of hydrogen-bond acceptors (Lipinski definition) is 7. The number of aliphatic hydroxyl groups is 2. The highest BCUT2D eigenvalue weighted by molar-refractivity contribution is 5.82. The smallest absolute Gasteiger partial charge is 0.330 e. The highest BCUT2D eigenvalue weighted by Gasteiger charge is 2.23. The second-order valence-corrected chi connectivity index (χ2v) is 7.18. The molecule has 1 heterocycles. The molecule has 8 nitrogen and oxygen atoms in total. The molecule has 0 aromatic heterocycles. The number of carbonyl (C=O) groups excluding carboxylic acids is 2. The monoisotopic (exact) mass is 400 g/mol. The van der Waals surface area contributed by atoms with Crippen LogP contribution in [0.2, 0.25) is 0 Å². The molecule has 0 fully saturated rings. The number of hydrogen-bond donors (Lipinski definition) is 3. The predicted octanol–water partition coefficient (Wildman–Crippen LogP) is 2.11. The molecule has 160 valence electrons. The van der Waals surface area contributed by atoms with E-state index in [1.807, 2.05) is 0 Å². The molecule has 3 N–H and O–H groups in total. The van der Waals surface area contributed by atoms with E-state index < -0.39 is 42.3 Å². The summed E-state index contributed by atoms with van der Waals surface area (Å²) >= 11 is 0. The summed E-state index contributed by atoms with van der Waals surface area (Å²) in [4.78, 5) is 34.3. The molecule has 1 aliphatic rings. The van der Waals surface area contributed by atoms with Gasteiger partial charge in [-0.3, -0.25) is 9.59 Å². The zero-order valence-electron chi connectivity index (χ0n) is 16.4. The third-order valence-electron chi connectivity index (χ3n) is 4.72. The van der Waals surface area contributed by atoms with Gasteiger partial charge in [-0.15, -0.1) is 0 Å². The third-order valence-corrected chi connectivity index (χ3v) is 4.72. The maximum absolute atomic E-state index is 11.9. The van der Waals surface area contributed by atoms with Crippen molar-refractivity contribution in [2.24, 2.45) is 0 Å². The topological polar surface area (TPSA) is 130 Å². The predicted molar refractivity (Wildman–Crippen MR) is 100 cm³/mol. The minimum Gasteiger partial charge on any atom is -0.481 e. The van der Waals surface area contributed by atoms with Gasteiger partial charge in [0.15, 0.2) is 0 Å². The van der Waals surface area contributed by atoms with Gasteiger partial charge in [-0.2, -0.15) is 0 Å². The summed E-state index contributed by atoms with van der Waals surface area (Å²) in [6.45, 7) is 1.61. The van der Waals surface area contributed by atoms with Crippen LogP contribution in [0.25, 0.3) is 0 Å². The van der Waals surface area contributed by atoms with E-state index in [-0.39, 0.29) is 12.8 Å². The number of cyclic esters (lactones) is 1. The molecule has 0 aromatic carbocycles. The molecular weight excluding hydrogens is 368 g/mol. The summed E-state index contributed by atoms with van der Waals surface area (Å²) in [7, 11) is 0. The van der Waals surface area contributed by atoms with Gasteiger partial charge in [0, 0.05) is 6.08 Å². The SMILES string of the molecule is C[C@H]1OC(=O)/C=C/[C@@H](O)C(OC(=O)CCC(=O)O)CCCCCCCC[C@@H]1O. The van der Waals surface area contributed by atoms with Gasteiger partial charge in [-0.25, -0.2) is 4.79 Å². The normalized spacial score (nSPS) is 29.5. The lowest BCUT2D eigenvalue weighted by molar-refractivity contribution is -0.156. The van der Waals surface area contributed by atoms with Crippen molar-refractivity contribution in [3.63, 3.8) is 0 Å². The van der Waals surface area contributed by atoms with Gasteiger partial charge in [-0.05, 0) is 32.3 Å². The average molecular weight is 400 g/mol. The molecule has 0 bridgehead atoms. The first kappa shape index (κ1) is 24.1. The number of ether oxygens (including phenoxy) is 2. The van der Waals surface area contributed by atoms with Crippen LogP contribution in [-0.4, -0.2) is 57.6 Å². The summed E-state index contributed by atoms with van der Waals surface area (Å²) in [6.07, 6.45) is 4.58. The molecule has 1 rings (SSSR count). The van der Waals surface area contributed by atoms with Crippen molar-refractivity contribution in [2.75, 3.05) is 0 Å². The summed E-state index contributed by atoms with van der Waals surface area (Å²) in [5.41, 5.74) is 0. The van der Waals surface area contributed by atoms with Crippen LogP contribution in [0.1, 0.15) is 71.1 Å². The zero-order valence-corrected chi connectivity index (χ0v) is 16.4. The van der Waals surface area contributed by atoms with E-state index in [0.717, 1.165) is 44.6 Å². The van der Waals surface area contributed by atoms with Crippen molar-refractivity contribution in [2.45, 2.75) is 95.5 Å². The molecule has 0 aliphatic carbocycles. The molecule has 0 spiro atoms. The Bertz CT molecular complexity index is 530. The molecule has 1 unspecified atom stereocenters. The van der Waals surface area contributed by atoms with Crippen molar-refractivity contribution in [3.8, 4) is 0 Å². The zero-order chi connectivity index (χ0) is 20.9. The minimum absolute atomic E-state index is 0.278. The first-order valence-electron chi connectivity index (χ1n) is 9.95. The summed E-state index contributed by atoms with van der Waals surface area (Å²) < 4.78 is 10.4. The molecule has 28 heavy (non-hydrogen) atoms. The van der Waals surface area contributed by atoms with Gasteiger partial charge >= 0.3 is 17.9 Å². The summed E-state index contributed by atoms with van der Waals surface area (Å²) in [6, 6.07) is 0. The lowest BCUT2D eigenvalue weighted by Gasteiger charge is -2.22. The summed E-state index contributed by atoms with van der Waals surface area (Å²) in [5.74, 6) is -2.50. The number of carboxylic acid groups (broad SMARTS) is 1. The Morgan fingerprint density at radius 1 is 1.07 bits per heavy atom. The number of carbonyl (C=O) groups is 3. The van der Waals surface area contributed by atoms with Gasteiger partial charge in [0.25, 0.3) is 0 Å². The van der Waals surface area contributed by atoms with Crippen LogP contribution in [0, 0.1) is 0 Å². The molecule has 0 aromatic rings. The van der Waals surface area contributed by atoms with Crippen LogP contribution >= 0.6 is 0 Å². The first-order chi connectivity index (χ1) is 13.3. The molecule has 0 radical (unpaired) electrons. The quantitative estimate of drug-likeness (QED) is 0.612. The van der Waals surface area contributed by atoms with E-state index in [1.54, 1.807) is 6.92 Å². The number of carboxylic acids is 1. The number of aliphatic carboxylic acids is 1. The van der Waals surface area contributed by atoms with Crippen molar-refractivity contribution in [3.05, 3.63) is 12.2 Å². The van der Waals surface area contributed by atoms with Gasteiger partial charge in [0.05, 0.1) is 18.9 Å². The Morgan fingerprint density at radius 3 is 2.32 bits per heavy atom. The van der Waals surface area contributed by atoms with Crippen LogP contribution in [0.4, 0.5) is 0 Å². The van der Waals surface area contributed by atoms with Crippen molar-refractivity contribution in [1.29, 1.82) is 0 Å². The number of esters is 2. The Morgan fingerprint density at radius 2 is 1.68 bits per heavy atom. The van der Waals surface area contributed by atoms with Crippen molar-refractivity contribution in [1.82, 2.24) is 0 Å². The molecular formula is C20H32O8. The molecule has 1 aliphatic heterocycles. The minimum atomic E-state index is -1.21. The maximum Gasteiger partial charge on any atom is 0.330 e. The van der Waals surface area contributed by atoms with E-state index in [0.29, 0.717) is 12.8 Å². The third kappa shape index (κ3) is 10.4. The highest BCUT2D eigenvalue weighted by Crippen LogP contribution is 2.17. The Kier molecular flexibility index (Phi) is 11.4. The second kappa shape index (κ2) is 13.3. The van der Waals surface area contributed by atoms with Crippen LogP contribution in [0.3, 0.4) is 0 Å². The van der Waals surface area contributed by atoms with Crippen LogP contribution in [0.15, 0.2) is 12.2 Å². The first-order valence-corrected chi connectivity index (χ1v) is 9.95. The lowest BCUT2D eigenvalue weighted by Crippen LogP contribution is -2.31. The largest absolute Gasteiger partial charge is 0.481 e. The van der Waals surface area contributed by atoms with Gasteiger partial charge < -0.3 is 24.8 Å². The van der Waals surface area contributed by atoms with Crippen molar-refractivity contribution < 1.29 is 39.2 Å². The molecule has 8 heteroatoms. The average Bonchev–Trinajstić information content (AvgIpc) is 2.64. The van der Waals surface area contributed by atoms with E-state index in [1.165, 1.54) is 6.08 Å². The maximum atomic E-state index is 11.9. The van der Waals surface area contributed by atoms with E-state index in [4.69, 9.17) is 14.6 Å². The van der Waals surface area contributed by atoms with E-state index in [2.05, 4.69) is 0 Å². The van der Waals surface area contributed by atoms with Gasteiger partial charge in [0.1, 0.15) is 18.3 Å². The van der Waals surface area contributed by atoms with E-state index in [9.17, 15) is 24.6 Å². The fourth-order valence-electron chi connectivity index (χ4n) is 2.98.